The third kappa shape index (κ3) is 5.03. The van der Waals surface area contributed by atoms with Gasteiger partial charge in [0.25, 0.3) is 6.33 Å². The van der Waals surface area contributed by atoms with E-state index in [-0.39, 0.29) is 0 Å². The predicted octanol–water partition coefficient (Wildman–Crippen LogP) is 2.25. The first-order valence-corrected chi connectivity index (χ1v) is 5.55. The maximum absolute atomic E-state index is 5.62. The van der Waals surface area contributed by atoms with E-state index in [1.54, 1.807) is 6.33 Å². The van der Waals surface area contributed by atoms with E-state index in [0.29, 0.717) is 6.42 Å². The fourth-order valence-electron chi connectivity index (χ4n) is 1.13. The molecule has 0 radical (unpaired) electrons. The number of rotatable bonds is 4. The van der Waals surface area contributed by atoms with Crippen LogP contribution in [0.15, 0.2) is 12.7 Å². The molecule has 0 aromatic carbocycles. The van der Waals surface area contributed by atoms with Gasteiger partial charge in [0.15, 0.2) is 3.79 Å². The highest BCUT2D eigenvalue weighted by molar-refractivity contribution is 6.67. The molecule has 1 rings (SSSR count). The average molecular weight is 258 g/mol. The Morgan fingerprint density at radius 2 is 2.07 bits per heavy atom. The van der Waals surface area contributed by atoms with Crippen LogP contribution in [0.5, 0.6) is 0 Å². The van der Waals surface area contributed by atoms with Gasteiger partial charge in [0.05, 0.1) is 7.05 Å². The molecule has 0 unspecified atom stereocenters. The molecule has 14 heavy (non-hydrogen) atoms. The van der Waals surface area contributed by atoms with E-state index < -0.39 is 3.79 Å². The zero-order valence-electron chi connectivity index (χ0n) is 7.96. The van der Waals surface area contributed by atoms with Crippen molar-refractivity contribution in [3.8, 4) is 0 Å². The van der Waals surface area contributed by atoms with E-state index in [2.05, 4.69) is 5.10 Å². The molecule has 6 heteroatoms. The molecule has 0 saturated carbocycles. The molecule has 0 aliphatic rings. The van der Waals surface area contributed by atoms with Crippen LogP contribution in [0, 0.1) is 0 Å². The van der Waals surface area contributed by atoms with Crippen molar-refractivity contribution < 1.29 is 4.57 Å². The smallest absolute Gasteiger partial charge is 0.240 e. The Labute approximate surface area is 98.6 Å². The SMILES string of the molecule is C[n+]1cnn(CCCCC(Cl)(Cl)Cl)c1. The van der Waals surface area contributed by atoms with Crippen molar-refractivity contribution in [2.24, 2.45) is 7.05 Å². The first-order valence-electron chi connectivity index (χ1n) is 4.42. The summed E-state index contributed by atoms with van der Waals surface area (Å²) in [4.78, 5) is 0. The van der Waals surface area contributed by atoms with Crippen molar-refractivity contribution in [1.29, 1.82) is 0 Å². The van der Waals surface area contributed by atoms with E-state index in [9.17, 15) is 0 Å². The second kappa shape index (κ2) is 5.19. The van der Waals surface area contributed by atoms with Crippen molar-refractivity contribution in [3.63, 3.8) is 0 Å². The molecule has 0 amide bonds. The molecule has 0 atom stereocenters. The van der Waals surface area contributed by atoms with Crippen LogP contribution in [0.3, 0.4) is 0 Å². The Morgan fingerprint density at radius 1 is 1.36 bits per heavy atom. The summed E-state index contributed by atoms with van der Waals surface area (Å²) in [7, 11) is 1.94. The molecular formula is C8H13Cl3N3+. The van der Waals surface area contributed by atoms with Gasteiger partial charge in [-0.3, -0.25) is 0 Å². The summed E-state index contributed by atoms with van der Waals surface area (Å²) in [5.41, 5.74) is 0. The summed E-state index contributed by atoms with van der Waals surface area (Å²) in [5, 5.41) is 4.13. The van der Waals surface area contributed by atoms with E-state index in [1.807, 2.05) is 22.6 Å². The van der Waals surface area contributed by atoms with Crippen molar-refractivity contribution in [3.05, 3.63) is 12.7 Å². The zero-order chi connectivity index (χ0) is 10.6. The summed E-state index contributed by atoms with van der Waals surface area (Å²) < 4.78 is 2.65. The zero-order valence-corrected chi connectivity index (χ0v) is 10.2. The van der Waals surface area contributed by atoms with Crippen LogP contribution < -0.4 is 4.57 Å². The molecule has 0 aliphatic carbocycles. The molecule has 0 N–H and O–H groups in total. The van der Waals surface area contributed by atoms with Crippen molar-refractivity contribution in [2.45, 2.75) is 29.6 Å². The number of hydrogen-bond donors (Lipinski definition) is 0. The molecule has 80 valence electrons. The van der Waals surface area contributed by atoms with Crippen LogP contribution >= 0.6 is 34.8 Å². The van der Waals surface area contributed by atoms with E-state index in [0.717, 1.165) is 19.4 Å². The summed E-state index contributed by atoms with van der Waals surface area (Å²) in [6, 6.07) is 0. The molecule has 0 bridgehead atoms. The maximum atomic E-state index is 5.62. The quantitative estimate of drug-likeness (QED) is 0.461. The summed E-state index contributed by atoms with van der Waals surface area (Å²) in [6.07, 6.45) is 6.13. The number of unbranched alkanes of at least 4 members (excludes halogenated alkanes) is 1. The first kappa shape index (κ1) is 12.1. The van der Waals surface area contributed by atoms with Gasteiger partial charge in [-0.2, -0.15) is 0 Å². The topological polar surface area (TPSA) is 21.7 Å². The summed E-state index contributed by atoms with van der Waals surface area (Å²) >= 11 is 16.9. The van der Waals surface area contributed by atoms with Crippen molar-refractivity contribution >= 4 is 34.8 Å². The van der Waals surface area contributed by atoms with Crippen molar-refractivity contribution in [2.75, 3.05) is 0 Å². The second-order valence-corrected chi connectivity index (χ2v) is 5.76. The normalized spacial score (nSPS) is 12.0. The standard InChI is InChI=1S/C8H13Cl3N3/c1-13-6-12-14(7-13)5-3-2-4-8(9,10)11/h6-7H,2-5H2,1H3/q+1. The third-order valence-corrected chi connectivity index (χ3v) is 2.36. The molecule has 0 aliphatic heterocycles. The van der Waals surface area contributed by atoms with Gasteiger partial charge in [0.1, 0.15) is 6.54 Å². The summed E-state index contributed by atoms with van der Waals surface area (Å²) in [6.45, 7) is 0.863. The number of hydrogen-bond acceptors (Lipinski definition) is 1. The number of alkyl halides is 3. The Bertz CT molecular complexity index is 280. The van der Waals surface area contributed by atoms with Gasteiger partial charge in [-0.25, -0.2) is 4.57 Å². The minimum Gasteiger partial charge on any atom is -0.240 e. The molecule has 1 heterocycles. The highest BCUT2D eigenvalue weighted by Crippen LogP contribution is 2.31. The third-order valence-electron chi connectivity index (χ3n) is 1.79. The van der Waals surface area contributed by atoms with Crippen LogP contribution in [0.1, 0.15) is 19.3 Å². The van der Waals surface area contributed by atoms with Gasteiger partial charge < -0.3 is 0 Å². The number of aromatic nitrogens is 3. The number of nitrogens with zero attached hydrogens (tertiary/aromatic N) is 3. The fraction of sp³-hybridized carbons (Fsp3) is 0.750. The van der Waals surface area contributed by atoms with Gasteiger partial charge in [-0.1, -0.05) is 34.8 Å². The van der Waals surface area contributed by atoms with Gasteiger partial charge >= 0.3 is 0 Å². The lowest BCUT2D eigenvalue weighted by molar-refractivity contribution is -0.672. The van der Waals surface area contributed by atoms with E-state index in [1.165, 1.54) is 0 Å². The van der Waals surface area contributed by atoms with Gasteiger partial charge in [0, 0.05) is 5.10 Å². The molecule has 0 fully saturated rings. The molecular weight excluding hydrogens is 244 g/mol. The molecule has 1 aromatic heterocycles. The predicted molar refractivity (Wildman–Crippen MR) is 57.5 cm³/mol. The minimum absolute atomic E-state index is 0.588. The molecule has 3 nitrogen and oxygen atoms in total. The maximum Gasteiger partial charge on any atom is 0.264 e. The monoisotopic (exact) mass is 256 g/mol. The number of aryl methyl sites for hydroxylation is 2. The average Bonchev–Trinajstić information content (AvgIpc) is 2.44. The molecule has 0 saturated heterocycles. The second-order valence-electron chi connectivity index (χ2n) is 3.25. The highest BCUT2D eigenvalue weighted by atomic mass is 35.6. The largest absolute Gasteiger partial charge is 0.264 e. The van der Waals surface area contributed by atoms with Gasteiger partial charge in [0.2, 0.25) is 6.33 Å². The van der Waals surface area contributed by atoms with Gasteiger partial charge in [-0.15, -0.1) is 4.68 Å². The van der Waals surface area contributed by atoms with Gasteiger partial charge in [-0.05, 0) is 19.3 Å². The first-order chi connectivity index (χ1) is 6.47. The Hall–Kier alpha value is 0.01000. The fourth-order valence-corrected chi connectivity index (χ4v) is 1.53. The van der Waals surface area contributed by atoms with Crippen molar-refractivity contribution in [1.82, 2.24) is 9.78 Å². The van der Waals surface area contributed by atoms with Crippen LogP contribution in [0.4, 0.5) is 0 Å². The Balaban J connectivity index is 2.16. The van der Waals surface area contributed by atoms with E-state index >= 15 is 0 Å². The van der Waals surface area contributed by atoms with Crippen LogP contribution in [0.2, 0.25) is 0 Å². The van der Waals surface area contributed by atoms with Crippen LogP contribution in [-0.2, 0) is 13.6 Å². The Kier molecular flexibility index (Phi) is 4.48. The minimum atomic E-state index is -1.12. The lowest BCUT2D eigenvalue weighted by atomic mass is 10.2. The Morgan fingerprint density at radius 3 is 2.57 bits per heavy atom. The van der Waals surface area contributed by atoms with E-state index in [4.69, 9.17) is 34.8 Å². The molecule has 1 aromatic rings. The lowest BCUT2D eigenvalue weighted by Gasteiger charge is -2.08. The number of halogens is 3. The van der Waals surface area contributed by atoms with Crippen LogP contribution in [-0.4, -0.2) is 13.6 Å². The lowest BCUT2D eigenvalue weighted by Crippen LogP contribution is -2.23. The van der Waals surface area contributed by atoms with Crippen LogP contribution in [0.25, 0.3) is 0 Å². The molecule has 0 spiro atoms. The summed E-state index contributed by atoms with van der Waals surface area (Å²) in [5.74, 6) is 0. The highest BCUT2D eigenvalue weighted by Gasteiger charge is 2.18.